The number of ether oxygens (including phenoxy) is 1. The monoisotopic (exact) mass is 467 g/mol. The van der Waals surface area contributed by atoms with Crippen LogP contribution in [0.25, 0.3) is 11.4 Å². The van der Waals surface area contributed by atoms with Gasteiger partial charge in [-0.15, -0.1) is 16.8 Å². The third kappa shape index (κ3) is 5.61. The van der Waals surface area contributed by atoms with Gasteiger partial charge >= 0.3 is 0 Å². The average molecular weight is 468 g/mol. The molecule has 0 aliphatic carbocycles. The number of rotatable bonds is 8. The Balaban J connectivity index is 1.42. The first-order chi connectivity index (χ1) is 16.0. The molecule has 0 bridgehead atoms. The first-order valence-corrected chi connectivity index (χ1v) is 11.6. The highest BCUT2D eigenvalue weighted by Gasteiger charge is 2.21. The molecule has 0 spiro atoms. The molecule has 1 saturated heterocycles. The summed E-state index contributed by atoms with van der Waals surface area (Å²) in [7, 11) is 0. The molecule has 1 fully saturated rings. The Morgan fingerprint density at radius 3 is 2.55 bits per heavy atom. The number of hydrogen-bond acceptors (Lipinski definition) is 6. The zero-order valence-electron chi connectivity index (χ0n) is 18.4. The Morgan fingerprint density at radius 2 is 1.88 bits per heavy atom. The van der Waals surface area contributed by atoms with Crippen LogP contribution in [0.4, 0.5) is 15.8 Å². The van der Waals surface area contributed by atoms with Gasteiger partial charge in [0.05, 0.1) is 18.5 Å². The molecule has 3 aromatic rings. The van der Waals surface area contributed by atoms with Crippen LogP contribution in [0.5, 0.6) is 0 Å². The van der Waals surface area contributed by atoms with E-state index in [0.717, 1.165) is 43.2 Å². The smallest absolute Gasteiger partial charge is 0.237 e. The van der Waals surface area contributed by atoms with E-state index >= 15 is 0 Å². The van der Waals surface area contributed by atoms with Gasteiger partial charge in [-0.2, -0.15) is 0 Å². The van der Waals surface area contributed by atoms with E-state index < -0.39 is 5.25 Å². The largest absolute Gasteiger partial charge is 0.378 e. The Labute approximate surface area is 196 Å². The van der Waals surface area contributed by atoms with E-state index in [1.807, 2.05) is 35.8 Å². The Hall–Kier alpha value is -3.17. The summed E-state index contributed by atoms with van der Waals surface area (Å²) in [6.45, 7) is 9.29. The molecule has 1 aliphatic heterocycles. The van der Waals surface area contributed by atoms with Crippen molar-refractivity contribution in [2.75, 3.05) is 36.5 Å². The fourth-order valence-electron chi connectivity index (χ4n) is 3.51. The zero-order valence-corrected chi connectivity index (χ0v) is 19.2. The number of allylic oxidation sites excluding steroid dienone is 1. The number of thioether (sulfide) groups is 1. The van der Waals surface area contributed by atoms with Gasteiger partial charge < -0.3 is 15.0 Å². The number of morpholine rings is 1. The molecule has 33 heavy (non-hydrogen) atoms. The highest BCUT2D eigenvalue weighted by Crippen LogP contribution is 2.28. The predicted octanol–water partition coefficient (Wildman–Crippen LogP) is 4.23. The van der Waals surface area contributed by atoms with E-state index in [0.29, 0.717) is 17.5 Å². The molecule has 7 nitrogen and oxygen atoms in total. The third-order valence-corrected chi connectivity index (χ3v) is 6.37. The van der Waals surface area contributed by atoms with Crippen LogP contribution in [0.1, 0.15) is 6.92 Å². The van der Waals surface area contributed by atoms with Crippen LogP contribution in [0.3, 0.4) is 0 Å². The second-order valence-electron chi connectivity index (χ2n) is 7.61. The molecule has 1 amide bonds. The molecule has 0 saturated carbocycles. The first-order valence-electron chi connectivity index (χ1n) is 10.8. The van der Waals surface area contributed by atoms with Gasteiger partial charge in [0.25, 0.3) is 0 Å². The van der Waals surface area contributed by atoms with Gasteiger partial charge in [-0.25, -0.2) is 4.39 Å². The van der Waals surface area contributed by atoms with E-state index in [9.17, 15) is 9.18 Å². The van der Waals surface area contributed by atoms with Crippen LogP contribution in [0, 0.1) is 5.82 Å². The summed E-state index contributed by atoms with van der Waals surface area (Å²) in [6.07, 6.45) is 1.74. The molecule has 4 rings (SSSR count). The summed E-state index contributed by atoms with van der Waals surface area (Å²) >= 11 is 1.32. The normalized spacial score (nSPS) is 14.7. The van der Waals surface area contributed by atoms with E-state index in [2.05, 4.69) is 27.0 Å². The van der Waals surface area contributed by atoms with E-state index in [1.165, 1.54) is 23.9 Å². The van der Waals surface area contributed by atoms with Crippen LogP contribution in [0.2, 0.25) is 0 Å². The van der Waals surface area contributed by atoms with Crippen LogP contribution >= 0.6 is 11.8 Å². The summed E-state index contributed by atoms with van der Waals surface area (Å²) < 4.78 is 20.6. The SMILES string of the molecule is C=CCn1c(SC(C)C(=O)Nc2ccc(N3CCOCC3)cc2)nnc1-c1ccc(F)cc1. The van der Waals surface area contributed by atoms with Gasteiger partial charge in [0.15, 0.2) is 11.0 Å². The highest BCUT2D eigenvalue weighted by atomic mass is 32.2. The van der Waals surface area contributed by atoms with Crippen molar-refractivity contribution in [3.8, 4) is 11.4 Å². The molecule has 1 N–H and O–H groups in total. The molecule has 9 heteroatoms. The summed E-state index contributed by atoms with van der Waals surface area (Å²) in [5.41, 5.74) is 2.60. The van der Waals surface area contributed by atoms with Gasteiger partial charge in [-0.1, -0.05) is 17.8 Å². The van der Waals surface area contributed by atoms with Crippen molar-refractivity contribution < 1.29 is 13.9 Å². The highest BCUT2D eigenvalue weighted by molar-refractivity contribution is 8.00. The number of amides is 1. The number of nitrogens with zero attached hydrogens (tertiary/aromatic N) is 4. The number of carbonyl (C=O) groups is 1. The predicted molar refractivity (Wildman–Crippen MR) is 129 cm³/mol. The summed E-state index contributed by atoms with van der Waals surface area (Å²) in [4.78, 5) is 15.1. The lowest BCUT2D eigenvalue weighted by Gasteiger charge is -2.28. The summed E-state index contributed by atoms with van der Waals surface area (Å²) in [5.74, 6) is 0.158. The molecular weight excluding hydrogens is 441 g/mol. The van der Waals surface area contributed by atoms with Crippen molar-refractivity contribution in [2.45, 2.75) is 23.9 Å². The topological polar surface area (TPSA) is 72.3 Å². The molecule has 2 heterocycles. The minimum atomic E-state index is -0.405. The maximum absolute atomic E-state index is 13.3. The van der Waals surface area contributed by atoms with Gasteiger partial charge in [0.1, 0.15) is 5.82 Å². The number of nitrogens with one attached hydrogen (secondary N) is 1. The van der Waals surface area contributed by atoms with E-state index in [-0.39, 0.29) is 11.7 Å². The molecular formula is C24H26FN5O2S. The molecule has 2 aromatic carbocycles. The van der Waals surface area contributed by atoms with Crippen LogP contribution in [-0.4, -0.2) is 52.2 Å². The van der Waals surface area contributed by atoms with E-state index in [1.54, 1.807) is 18.2 Å². The summed E-state index contributed by atoms with van der Waals surface area (Å²) in [5, 5.41) is 11.7. The summed E-state index contributed by atoms with van der Waals surface area (Å²) in [6, 6.07) is 13.9. The van der Waals surface area contributed by atoms with Gasteiger partial charge in [0, 0.05) is 36.6 Å². The standard InChI is InChI=1S/C24H26FN5O2S/c1-3-12-30-22(18-4-6-19(25)7-5-18)27-28-24(30)33-17(2)23(31)26-20-8-10-21(11-9-20)29-13-15-32-16-14-29/h3-11,17H,1,12-16H2,2H3,(H,26,31). The van der Waals surface area contributed by atoms with Crippen LogP contribution in [-0.2, 0) is 16.1 Å². The van der Waals surface area contributed by atoms with E-state index in [4.69, 9.17) is 4.74 Å². The fraction of sp³-hybridized carbons (Fsp3) is 0.292. The van der Waals surface area contributed by atoms with Crippen molar-refractivity contribution in [3.63, 3.8) is 0 Å². The van der Waals surface area contributed by atoms with Crippen LogP contribution in [0.15, 0.2) is 66.3 Å². The van der Waals surface area contributed by atoms with Crippen molar-refractivity contribution in [1.29, 1.82) is 0 Å². The second kappa shape index (κ2) is 10.6. The zero-order chi connectivity index (χ0) is 23.2. The average Bonchev–Trinajstić information content (AvgIpc) is 3.23. The number of benzene rings is 2. The number of aromatic nitrogens is 3. The number of halogens is 1. The van der Waals surface area contributed by atoms with Crippen molar-refractivity contribution in [1.82, 2.24) is 14.8 Å². The van der Waals surface area contributed by atoms with Crippen molar-refractivity contribution >= 4 is 29.0 Å². The quantitative estimate of drug-likeness (QED) is 0.395. The number of carbonyl (C=O) groups excluding carboxylic acids is 1. The molecule has 1 aromatic heterocycles. The molecule has 0 radical (unpaired) electrons. The number of hydrogen-bond donors (Lipinski definition) is 1. The molecule has 1 aliphatic rings. The molecule has 172 valence electrons. The second-order valence-corrected chi connectivity index (χ2v) is 8.92. The Bertz CT molecular complexity index is 1100. The Morgan fingerprint density at radius 1 is 1.18 bits per heavy atom. The number of anilines is 2. The maximum Gasteiger partial charge on any atom is 0.237 e. The van der Waals surface area contributed by atoms with Crippen LogP contribution < -0.4 is 10.2 Å². The Kier molecular flexibility index (Phi) is 7.41. The molecule has 1 unspecified atom stereocenters. The lowest BCUT2D eigenvalue weighted by molar-refractivity contribution is -0.115. The van der Waals surface area contributed by atoms with Crippen molar-refractivity contribution in [3.05, 3.63) is 67.0 Å². The fourth-order valence-corrected chi connectivity index (χ4v) is 4.37. The van der Waals surface area contributed by atoms with Crippen molar-refractivity contribution in [2.24, 2.45) is 0 Å². The lowest BCUT2D eigenvalue weighted by Crippen LogP contribution is -2.36. The minimum Gasteiger partial charge on any atom is -0.378 e. The maximum atomic E-state index is 13.3. The van der Waals surface area contributed by atoms with Gasteiger partial charge in [0.2, 0.25) is 5.91 Å². The van der Waals surface area contributed by atoms with Gasteiger partial charge in [-0.05, 0) is 55.5 Å². The first kappa shape index (κ1) is 23.0. The lowest BCUT2D eigenvalue weighted by atomic mass is 10.2. The van der Waals surface area contributed by atoms with Gasteiger partial charge in [-0.3, -0.25) is 9.36 Å². The minimum absolute atomic E-state index is 0.129. The third-order valence-electron chi connectivity index (χ3n) is 5.29. The molecule has 1 atom stereocenters.